The highest BCUT2D eigenvalue weighted by atomic mass is 35.5. The number of imidazole rings is 1. The van der Waals surface area contributed by atoms with Crippen LogP contribution in [0.15, 0.2) is 33.8 Å². The first kappa shape index (κ1) is 11.8. The summed E-state index contributed by atoms with van der Waals surface area (Å²) in [6, 6.07) is 1.74. The largest absolute Gasteiger partial charge is 0.329 e. The molecule has 2 aromatic heterocycles. The van der Waals surface area contributed by atoms with Crippen LogP contribution in [0.1, 0.15) is 0 Å². The van der Waals surface area contributed by atoms with Crippen LogP contribution in [0.4, 0.5) is 0 Å². The zero-order valence-electron chi connectivity index (χ0n) is 8.72. The number of hydrogen-bond acceptors (Lipinski definition) is 5. The Bertz CT molecular complexity index is 500. The Morgan fingerprint density at radius 3 is 2.81 bits per heavy atom. The molecule has 0 aliphatic rings. The van der Waals surface area contributed by atoms with E-state index in [1.807, 2.05) is 24.1 Å². The van der Waals surface area contributed by atoms with Crippen LogP contribution in [0.5, 0.6) is 0 Å². The third kappa shape index (κ3) is 2.69. The first-order valence-electron chi connectivity index (χ1n) is 4.43. The number of aryl methyl sites for hydroxylation is 1. The van der Waals surface area contributed by atoms with Gasteiger partial charge in [-0.1, -0.05) is 23.4 Å². The minimum atomic E-state index is 0.455. The van der Waals surface area contributed by atoms with Crippen LogP contribution in [-0.2, 0) is 7.05 Å². The van der Waals surface area contributed by atoms with E-state index in [1.54, 1.807) is 12.3 Å². The van der Waals surface area contributed by atoms with Gasteiger partial charge < -0.3 is 4.57 Å². The van der Waals surface area contributed by atoms with Gasteiger partial charge in [0.25, 0.3) is 0 Å². The Balaban J connectivity index is 2.28. The van der Waals surface area contributed by atoms with Crippen molar-refractivity contribution >= 4 is 35.1 Å². The van der Waals surface area contributed by atoms with Crippen molar-refractivity contribution in [1.29, 1.82) is 0 Å². The van der Waals surface area contributed by atoms with Gasteiger partial charge in [-0.05, 0) is 18.0 Å². The number of nitrogens with zero attached hydrogens (tertiary/aromatic N) is 4. The van der Waals surface area contributed by atoms with Crippen molar-refractivity contribution < 1.29 is 0 Å². The van der Waals surface area contributed by atoms with Gasteiger partial charge in [-0.25, -0.2) is 15.0 Å². The molecule has 0 atom stereocenters. The zero-order valence-corrected chi connectivity index (χ0v) is 11.1. The summed E-state index contributed by atoms with van der Waals surface area (Å²) in [6.07, 6.45) is 5.56. The molecule has 2 heterocycles. The molecule has 0 fully saturated rings. The summed E-state index contributed by atoms with van der Waals surface area (Å²) in [5.41, 5.74) is 0. The first-order chi connectivity index (χ1) is 7.69. The predicted molar refractivity (Wildman–Crippen MR) is 66.2 cm³/mol. The molecule has 2 rings (SSSR count). The van der Waals surface area contributed by atoms with E-state index in [1.165, 1.54) is 23.5 Å². The molecule has 0 amide bonds. The van der Waals surface area contributed by atoms with Crippen molar-refractivity contribution in [1.82, 2.24) is 19.5 Å². The summed E-state index contributed by atoms with van der Waals surface area (Å²) in [4.78, 5) is 12.6. The van der Waals surface area contributed by atoms with Crippen LogP contribution in [0.2, 0.25) is 5.15 Å². The average molecular weight is 273 g/mol. The van der Waals surface area contributed by atoms with Gasteiger partial charge in [0.1, 0.15) is 10.2 Å². The predicted octanol–water partition coefficient (Wildman–Crippen LogP) is 2.74. The van der Waals surface area contributed by atoms with Gasteiger partial charge >= 0.3 is 0 Å². The minimum Gasteiger partial charge on any atom is -0.329 e. The standard InChI is InChI=1S/C9H9ClN4S2/c1-14-4-3-11-9(14)16-7-5-6(10)12-8(13-7)15-2/h3-5H,1-2H3. The summed E-state index contributed by atoms with van der Waals surface area (Å²) in [7, 11) is 1.94. The summed E-state index contributed by atoms with van der Waals surface area (Å²) >= 11 is 8.84. The molecule has 0 radical (unpaired) electrons. The van der Waals surface area contributed by atoms with Crippen LogP contribution < -0.4 is 0 Å². The third-order valence-electron chi connectivity index (χ3n) is 1.81. The molecular weight excluding hydrogens is 264 g/mol. The quantitative estimate of drug-likeness (QED) is 0.488. The summed E-state index contributed by atoms with van der Waals surface area (Å²) in [5, 5.41) is 2.81. The lowest BCUT2D eigenvalue weighted by atomic mass is 10.7. The van der Waals surface area contributed by atoms with Crippen molar-refractivity contribution in [3.63, 3.8) is 0 Å². The van der Waals surface area contributed by atoms with Gasteiger partial charge in [-0.15, -0.1) is 0 Å². The Labute approximate surface area is 107 Å². The monoisotopic (exact) mass is 272 g/mol. The highest BCUT2D eigenvalue weighted by molar-refractivity contribution is 7.99. The maximum atomic E-state index is 5.90. The number of halogens is 1. The topological polar surface area (TPSA) is 43.6 Å². The van der Waals surface area contributed by atoms with Gasteiger partial charge in [-0.3, -0.25) is 0 Å². The van der Waals surface area contributed by atoms with Crippen molar-refractivity contribution in [2.75, 3.05) is 6.26 Å². The summed E-state index contributed by atoms with van der Waals surface area (Å²) in [5.74, 6) is 0. The first-order valence-corrected chi connectivity index (χ1v) is 6.84. The molecule has 16 heavy (non-hydrogen) atoms. The zero-order chi connectivity index (χ0) is 11.5. The third-order valence-corrected chi connectivity index (χ3v) is 3.54. The van der Waals surface area contributed by atoms with E-state index >= 15 is 0 Å². The van der Waals surface area contributed by atoms with Crippen LogP contribution in [0, 0.1) is 0 Å². The van der Waals surface area contributed by atoms with E-state index in [4.69, 9.17) is 11.6 Å². The Kier molecular flexibility index (Phi) is 3.73. The summed E-state index contributed by atoms with van der Waals surface area (Å²) in [6.45, 7) is 0. The second-order valence-corrected chi connectivity index (χ2v) is 5.09. The van der Waals surface area contributed by atoms with E-state index in [2.05, 4.69) is 15.0 Å². The fourth-order valence-corrected chi connectivity index (χ4v) is 2.61. The van der Waals surface area contributed by atoms with Gasteiger partial charge in [0.15, 0.2) is 10.3 Å². The van der Waals surface area contributed by atoms with Crippen molar-refractivity contribution in [2.45, 2.75) is 15.3 Å². The molecule has 0 saturated heterocycles. The molecule has 0 N–H and O–H groups in total. The van der Waals surface area contributed by atoms with Gasteiger partial charge in [0.2, 0.25) is 0 Å². The molecule has 0 aromatic carbocycles. The number of aromatic nitrogens is 4. The molecular formula is C9H9ClN4S2. The normalized spacial score (nSPS) is 10.7. The maximum Gasteiger partial charge on any atom is 0.189 e. The van der Waals surface area contributed by atoms with E-state index in [-0.39, 0.29) is 0 Å². The molecule has 0 spiro atoms. The highest BCUT2D eigenvalue weighted by Gasteiger charge is 2.07. The van der Waals surface area contributed by atoms with Gasteiger partial charge in [-0.2, -0.15) is 0 Å². The molecule has 84 valence electrons. The molecule has 0 aliphatic heterocycles. The molecule has 7 heteroatoms. The number of hydrogen-bond donors (Lipinski definition) is 0. The SMILES string of the molecule is CSc1nc(Cl)cc(Sc2nccn2C)n1. The summed E-state index contributed by atoms with van der Waals surface area (Å²) < 4.78 is 1.93. The van der Waals surface area contributed by atoms with E-state index in [9.17, 15) is 0 Å². The highest BCUT2D eigenvalue weighted by Crippen LogP contribution is 2.27. The van der Waals surface area contributed by atoms with Crippen LogP contribution in [0.25, 0.3) is 0 Å². The van der Waals surface area contributed by atoms with Crippen LogP contribution in [0.3, 0.4) is 0 Å². The Hall–Kier alpha value is -0.720. The maximum absolute atomic E-state index is 5.90. The van der Waals surface area contributed by atoms with Crippen molar-refractivity contribution in [3.8, 4) is 0 Å². The molecule has 0 unspecified atom stereocenters. The van der Waals surface area contributed by atoms with Crippen LogP contribution in [-0.4, -0.2) is 25.8 Å². The lowest BCUT2D eigenvalue weighted by Gasteiger charge is -2.02. The fraction of sp³-hybridized carbons (Fsp3) is 0.222. The van der Waals surface area contributed by atoms with Gasteiger partial charge in [0, 0.05) is 25.5 Å². The molecule has 0 saturated carbocycles. The second-order valence-electron chi connectivity index (χ2n) is 2.94. The number of thioether (sulfide) groups is 1. The number of rotatable bonds is 3. The second kappa shape index (κ2) is 5.07. The molecule has 2 aromatic rings. The van der Waals surface area contributed by atoms with E-state index in [0.29, 0.717) is 10.3 Å². The van der Waals surface area contributed by atoms with E-state index < -0.39 is 0 Å². The van der Waals surface area contributed by atoms with Crippen molar-refractivity contribution in [2.24, 2.45) is 7.05 Å². The lowest BCUT2D eigenvalue weighted by Crippen LogP contribution is -1.92. The van der Waals surface area contributed by atoms with E-state index in [0.717, 1.165) is 10.2 Å². The Morgan fingerprint density at radius 2 is 2.19 bits per heavy atom. The fourth-order valence-electron chi connectivity index (χ4n) is 1.06. The van der Waals surface area contributed by atoms with Gasteiger partial charge in [0.05, 0.1) is 0 Å². The molecule has 4 nitrogen and oxygen atoms in total. The Morgan fingerprint density at radius 1 is 1.38 bits per heavy atom. The molecule has 0 bridgehead atoms. The average Bonchev–Trinajstić information content (AvgIpc) is 2.63. The lowest BCUT2D eigenvalue weighted by molar-refractivity contribution is 0.786. The van der Waals surface area contributed by atoms with Crippen molar-refractivity contribution in [3.05, 3.63) is 23.6 Å². The smallest absolute Gasteiger partial charge is 0.189 e. The minimum absolute atomic E-state index is 0.455. The molecule has 0 aliphatic carbocycles. The van der Waals surface area contributed by atoms with Crippen LogP contribution >= 0.6 is 35.1 Å².